The van der Waals surface area contributed by atoms with Crippen molar-refractivity contribution in [3.8, 4) is 0 Å². The minimum Gasteiger partial charge on any atom is -0.425 e. The third kappa shape index (κ3) is 3.26. The first-order valence-corrected chi connectivity index (χ1v) is 7.58. The van der Waals surface area contributed by atoms with E-state index in [4.69, 9.17) is 9.47 Å². The van der Waals surface area contributed by atoms with Crippen LogP contribution in [0.5, 0.6) is 0 Å². The summed E-state index contributed by atoms with van der Waals surface area (Å²) in [7, 11) is 0. The molecule has 1 fully saturated rings. The van der Waals surface area contributed by atoms with E-state index in [2.05, 4.69) is 6.92 Å². The molecule has 1 aliphatic heterocycles. The minimum atomic E-state index is -0.867. The van der Waals surface area contributed by atoms with Crippen molar-refractivity contribution in [2.45, 2.75) is 31.5 Å². The SMILES string of the molecule is CC(CC1OC(=O)CC(=O)O1)(c1ccccc1)c1ccccc1. The molecule has 0 saturated carbocycles. The lowest BCUT2D eigenvalue weighted by molar-refractivity contribution is -0.205. The highest BCUT2D eigenvalue weighted by atomic mass is 16.7. The van der Waals surface area contributed by atoms with Crippen LogP contribution in [0.1, 0.15) is 30.9 Å². The third-order valence-corrected chi connectivity index (χ3v) is 4.21. The molecule has 1 aliphatic rings. The third-order valence-electron chi connectivity index (χ3n) is 4.21. The smallest absolute Gasteiger partial charge is 0.320 e. The van der Waals surface area contributed by atoms with E-state index in [1.165, 1.54) is 0 Å². The van der Waals surface area contributed by atoms with Gasteiger partial charge >= 0.3 is 11.9 Å². The monoisotopic (exact) mass is 310 g/mol. The summed E-state index contributed by atoms with van der Waals surface area (Å²) in [6.07, 6.45) is -0.809. The molecular formula is C19H18O4. The molecule has 4 heteroatoms. The molecule has 0 aliphatic carbocycles. The number of rotatable bonds is 4. The second-order valence-electron chi connectivity index (χ2n) is 5.85. The van der Waals surface area contributed by atoms with Gasteiger partial charge in [-0.25, -0.2) is 0 Å². The molecular weight excluding hydrogens is 292 g/mol. The van der Waals surface area contributed by atoms with Crippen molar-refractivity contribution >= 4 is 11.9 Å². The minimum absolute atomic E-state index is 0.316. The normalized spacial score (nSPS) is 15.9. The van der Waals surface area contributed by atoms with Crippen molar-refractivity contribution in [3.05, 3.63) is 71.8 Å². The van der Waals surface area contributed by atoms with Crippen molar-refractivity contribution in [1.82, 2.24) is 0 Å². The standard InChI is InChI=1S/C19H18O4/c1-19(14-8-4-2-5-9-14,15-10-6-3-7-11-15)13-18-22-16(20)12-17(21)23-18/h2-11,18H,12-13H2,1H3. The average molecular weight is 310 g/mol. The zero-order valence-corrected chi connectivity index (χ0v) is 12.9. The van der Waals surface area contributed by atoms with Gasteiger partial charge < -0.3 is 9.47 Å². The molecule has 3 rings (SSSR count). The van der Waals surface area contributed by atoms with Gasteiger partial charge in [0.05, 0.1) is 0 Å². The number of hydrogen-bond donors (Lipinski definition) is 0. The van der Waals surface area contributed by atoms with Crippen molar-refractivity contribution < 1.29 is 19.1 Å². The fourth-order valence-corrected chi connectivity index (χ4v) is 2.95. The van der Waals surface area contributed by atoms with E-state index >= 15 is 0 Å². The molecule has 1 saturated heterocycles. The lowest BCUT2D eigenvalue weighted by Crippen LogP contribution is -2.38. The van der Waals surface area contributed by atoms with Gasteiger partial charge in [-0.15, -0.1) is 0 Å². The maximum absolute atomic E-state index is 11.5. The van der Waals surface area contributed by atoms with Crippen LogP contribution in [0.2, 0.25) is 0 Å². The highest BCUT2D eigenvalue weighted by molar-refractivity contribution is 5.92. The number of cyclic esters (lactones) is 2. The summed E-state index contributed by atoms with van der Waals surface area (Å²) < 4.78 is 10.4. The highest BCUT2D eigenvalue weighted by Crippen LogP contribution is 2.37. The molecule has 23 heavy (non-hydrogen) atoms. The second kappa shape index (κ2) is 6.24. The van der Waals surface area contributed by atoms with Gasteiger partial charge in [-0.2, -0.15) is 0 Å². The van der Waals surface area contributed by atoms with Crippen LogP contribution in [0.4, 0.5) is 0 Å². The first-order valence-electron chi connectivity index (χ1n) is 7.58. The van der Waals surface area contributed by atoms with Crippen molar-refractivity contribution in [2.75, 3.05) is 0 Å². The summed E-state index contributed by atoms with van der Waals surface area (Å²) in [6, 6.07) is 19.9. The van der Waals surface area contributed by atoms with E-state index in [1.807, 2.05) is 60.7 Å². The quantitative estimate of drug-likeness (QED) is 0.643. The Bertz CT molecular complexity index is 638. The Hall–Kier alpha value is -2.62. The summed E-state index contributed by atoms with van der Waals surface area (Å²) in [5.74, 6) is -1.07. The molecule has 1 heterocycles. The summed E-state index contributed by atoms with van der Waals surface area (Å²) in [5.41, 5.74) is 1.71. The van der Waals surface area contributed by atoms with Crippen molar-refractivity contribution in [2.24, 2.45) is 0 Å². The zero-order chi connectivity index (χ0) is 16.3. The Morgan fingerprint density at radius 3 is 1.74 bits per heavy atom. The lowest BCUT2D eigenvalue weighted by atomic mass is 9.73. The highest BCUT2D eigenvalue weighted by Gasteiger charge is 2.37. The number of ether oxygens (including phenoxy) is 2. The molecule has 0 aromatic heterocycles. The molecule has 0 atom stereocenters. The van der Waals surface area contributed by atoms with Crippen LogP contribution in [0.3, 0.4) is 0 Å². The largest absolute Gasteiger partial charge is 0.425 e. The Morgan fingerprint density at radius 1 is 0.870 bits per heavy atom. The van der Waals surface area contributed by atoms with E-state index in [1.54, 1.807) is 0 Å². The van der Waals surface area contributed by atoms with E-state index in [0.29, 0.717) is 6.42 Å². The Morgan fingerprint density at radius 2 is 1.30 bits per heavy atom. The summed E-state index contributed by atoms with van der Waals surface area (Å²) >= 11 is 0. The summed E-state index contributed by atoms with van der Waals surface area (Å²) in [5, 5.41) is 0. The van der Waals surface area contributed by atoms with Gasteiger partial charge in [0, 0.05) is 11.8 Å². The molecule has 2 aromatic rings. The Kier molecular flexibility index (Phi) is 4.15. The molecule has 0 amide bonds. The number of carbonyl (C=O) groups is 2. The van der Waals surface area contributed by atoms with E-state index < -0.39 is 23.6 Å². The average Bonchev–Trinajstić information content (AvgIpc) is 2.55. The van der Waals surface area contributed by atoms with Crippen LogP contribution in [-0.4, -0.2) is 18.2 Å². The zero-order valence-electron chi connectivity index (χ0n) is 12.9. The topological polar surface area (TPSA) is 52.6 Å². The second-order valence-corrected chi connectivity index (χ2v) is 5.85. The number of hydrogen-bond acceptors (Lipinski definition) is 4. The van der Waals surface area contributed by atoms with Crippen molar-refractivity contribution in [1.29, 1.82) is 0 Å². The van der Waals surface area contributed by atoms with Gasteiger partial charge in [0.25, 0.3) is 0 Å². The molecule has 0 unspecified atom stereocenters. The molecule has 0 radical (unpaired) electrons. The molecule has 118 valence electrons. The van der Waals surface area contributed by atoms with Gasteiger partial charge in [0.15, 0.2) is 0 Å². The van der Waals surface area contributed by atoms with Crippen molar-refractivity contribution in [3.63, 3.8) is 0 Å². The van der Waals surface area contributed by atoms with E-state index in [0.717, 1.165) is 11.1 Å². The number of esters is 2. The first kappa shape index (κ1) is 15.3. The summed E-state index contributed by atoms with van der Waals surface area (Å²) in [4.78, 5) is 23.0. The maximum Gasteiger partial charge on any atom is 0.320 e. The van der Waals surface area contributed by atoms with Crippen LogP contribution in [0.15, 0.2) is 60.7 Å². The van der Waals surface area contributed by atoms with Gasteiger partial charge in [0.1, 0.15) is 6.42 Å². The van der Waals surface area contributed by atoms with Gasteiger partial charge in [-0.1, -0.05) is 67.6 Å². The van der Waals surface area contributed by atoms with Crippen LogP contribution in [-0.2, 0) is 24.5 Å². The van der Waals surface area contributed by atoms with Crippen LogP contribution >= 0.6 is 0 Å². The summed E-state index contributed by atoms with van der Waals surface area (Å²) in [6.45, 7) is 2.06. The van der Waals surface area contributed by atoms with Gasteiger partial charge in [0.2, 0.25) is 6.29 Å². The molecule has 2 aromatic carbocycles. The van der Waals surface area contributed by atoms with E-state index in [-0.39, 0.29) is 6.42 Å². The fraction of sp³-hybridized carbons (Fsp3) is 0.263. The fourth-order valence-electron chi connectivity index (χ4n) is 2.95. The van der Waals surface area contributed by atoms with E-state index in [9.17, 15) is 9.59 Å². The maximum atomic E-state index is 11.5. The number of benzene rings is 2. The van der Waals surface area contributed by atoms with Crippen LogP contribution in [0, 0.1) is 0 Å². The Labute approximate surface area is 135 Å². The first-order chi connectivity index (χ1) is 11.1. The molecule has 0 spiro atoms. The lowest BCUT2D eigenvalue weighted by Gasteiger charge is -2.35. The van der Waals surface area contributed by atoms with Gasteiger partial charge in [-0.3, -0.25) is 9.59 Å². The number of carbonyl (C=O) groups excluding carboxylic acids is 2. The predicted octanol–water partition coefficient (Wildman–Crippen LogP) is 3.20. The molecule has 4 nitrogen and oxygen atoms in total. The molecule has 0 bridgehead atoms. The van der Waals surface area contributed by atoms with Gasteiger partial charge in [-0.05, 0) is 11.1 Å². The molecule has 0 N–H and O–H groups in total. The van der Waals surface area contributed by atoms with Crippen LogP contribution in [0.25, 0.3) is 0 Å². The Balaban J connectivity index is 1.96. The van der Waals surface area contributed by atoms with Crippen LogP contribution < -0.4 is 0 Å². The predicted molar refractivity (Wildman–Crippen MR) is 84.5 cm³/mol.